The molecule has 1 aromatic rings. The van der Waals surface area contributed by atoms with Crippen molar-refractivity contribution in [2.24, 2.45) is 0 Å². The van der Waals surface area contributed by atoms with E-state index in [2.05, 4.69) is 38.3 Å². The lowest BCUT2D eigenvalue weighted by Crippen LogP contribution is -2.44. The summed E-state index contributed by atoms with van der Waals surface area (Å²) in [6, 6.07) is 6.33. The van der Waals surface area contributed by atoms with Crippen LogP contribution in [0.3, 0.4) is 0 Å². The Morgan fingerprint density at radius 3 is 2.05 bits per heavy atom. The molecule has 0 saturated carbocycles. The molecule has 4 nitrogen and oxygen atoms in total. The molecule has 0 amide bonds. The van der Waals surface area contributed by atoms with Gasteiger partial charge in [-0.25, -0.2) is 0 Å². The highest BCUT2D eigenvalue weighted by molar-refractivity contribution is 5.38. The minimum absolute atomic E-state index is 0.148. The molecule has 0 heterocycles. The van der Waals surface area contributed by atoms with Gasteiger partial charge in [0.05, 0.1) is 14.2 Å². The lowest BCUT2D eigenvalue weighted by Gasteiger charge is -2.24. The Labute approximate surface area is 122 Å². The highest BCUT2D eigenvalue weighted by Gasteiger charge is 2.11. The fourth-order valence-electron chi connectivity index (χ4n) is 1.79. The van der Waals surface area contributed by atoms with Crippen LogP contribution in [0.25, 0.3) is 0 Å². The molecule has 0 aromatic heterocycles. The molecule has 0 aliphatic carbocycles. The first-order valence-corrected chi connectivity index (χ1v) is 7.04. The van der Waals surface area contributed by atoms with Gasteiger partial charge in [-0.3, -0.25) is 0 Å². The molecule has 114 valence electrons. The third kappa shape index (κ3) is 6.26. The van der Waals surface area contributed by atoms with Crippen molar-refractivity contribution < 1.29 is 9.47 Å². The summed E-state index contributed by atoms with van der Waals surface area (Å²) in [4.78, 5) is 0. The van der Waals surface area contributed by atoms with Crippen LogP contribution in [0.4, 0.5) is 0 Å². The maximum atomic E-state index is 5.28. The molecular formula is C16H28N2O2. The van der Waals surface area contributed by atoms with E-state index in [4.69, 9.17) is 9.47 Å². The van der Waals surface area contributed by atoms with Crippen LogP contribution < -0.4 is 20.1 Å². The van der Waals surface area contributed by atoms with E-state index in [-0.39, 0.29) is 5.54 Å². The maximum Gasteiger partial charge on any atom is 0.122 e. The van der Waals surface area contributed by atoms with Gasteiger partial charge in [0.15, 0.2) is 0 Å². The second-order valence-electron chi connectivity index (χ2n) is 6.13. The molecule has 1 aromatic carbocycles. The quantitative estimate of drug-likeness (QED) is 0.805. The number of nitrogens with one attached hydrogen (secondary N) is 2. The largest absolute Gasteiger partial charge is 0.497 e. The summed E-state index contributed by atoms with van der Waals surface area (Å²) in [7, 11) is 3.34. The maximum absolute atomic E-state index is 5.28. The Hall–Kier alpha value is -1.26. The summed E-state index contributed by atoms with van der Waals surface area (Å²) in [5.74, 6) is 1.64. The second kappa shape index (κ2) is 7.50. The molecule has 0 bridgehead atoms. The number of benzene rings is 1. The van der Waals surface area contributed by atoms with Gasteiger partial charge < -0.3 is 20.1 Å². The fraction of sp³-hybridized carbons (Fsp3) is 0.625. The summed E-state index contributed by atoms with van der Waals surface area (Å²) < 4.78 is 10.6. The first kappa shape index (κ1) is 16.8. The van der Waals surface area contributed by atoms with Crippen LogP contribution >= 0.6 is 0 Å². The summed E-state index contributed by atoms with van der Waals surface area (Å²) in [5.41, 5.74) is 1.30. The normalized spacial score (nSPS) is 13.1. The average molecular weight is 280 g/mol. The fourth-order valence-corrected chi connectivity index (χ4v) is 1.79. The van der Waals surface area contributed by atoms with Gasteiger partial charge in [0, 0.05) is 30.7 Å². The Kier molecular flexibility index (Phi) is 6.30. The molecule has 0 radical (unpaired) electrons. The smallest absolute Gasteiger partial charge is 0.122 e. The van der Waals surface area contributed by atoms with E-state index >= 15 is 0 Å². The predicted molar refractivity (Wildman–Crippen MR) is 83.6 cm³/mol. The monoisotopic (exact) mass is 280 g/mol. The van der Waals surface area contributed by atoms with E-state index in [1.54, 1.807) is 14.2 Å². The van der Waals surface area contributed by atoms with Crippen molar-refractivity contribution in [3.8, 4) is 11.5 Å². The van der Waals surface area contributed by atoms with Gasteiger partial charge in [-0.2, -0.15) is 0 Å². The SMILES string of the molecule is COc1cc(CNC(C)CNC(C)(C)C)cc(OC)c1. The first-order valence-electron chi connectivity index (χ1n) is 7.04. The minimum atomic E-state index is 0.148. The zero-order valence-corrected chi connectivity index (χ0v) is 13.5. The number of hydrogen-bond donors (Lipinski definition) is 2. The van der Waals surface area contributed by atoms with E-state index in [0.717, 1.165) is 30.2 Å². The molecule has 1 unspecified atom stereocenters. The number of hydrogen-bond acceptors (Lipinski definition) is 4. The first-order chi connectivity index (χ1) is 9.34. The van der Waals surface area contributed by atoms with Crippen molar-refractivity contribution in [3.63, 3.8) is 0 Å². The van der Waals surface area contributed by atoms with E-state index < -0.39 is 0 Å². The second-order valence-corrected chi connectivity index (χ2v) is 6.13. The van der Waals surface area contributed by atoms with Crippen LogP contribution in [-0.4, -0.2) is 32.3 Å². The van der Waals surface area contributed by atoms with Crippen molar-refractivity contribution in [1.29, 1.82) is 0 Å². The summed E-state index contributed by atoms with van der Waals surface area (Å²) in [6.45, 7) is 10.4. The van der Waals surface area contributed by atoms with E-state index in [9.17, 15) is 0 Å². The zero-order chi connectivity index (χ0) is 15.2. The predicted octanol–water partition coefficient (Wildman–Crippen LogP) is 2.57. The molecule has 1 rings (SSSR count). The van der Waals surface area contributed by atoms with E-state index in [1.807, 2.05) is 18.2 Å². The van der Waals surface area contributed by atoms with Crippen LogP contribution in [0, 0.1) is 0 Å². The van der Waals surface area contributed by atoms with Gasteiger partial charge in [-0.15, -0.1) is 0 Å². The molecule has 0 aliphatic heterocycles. The molecule has 0 spiro atoms. The molecule has 4 heteroatoms. The highest BCUT2D eigenvalue weighted by Crippen LogP contribution is 2.22. The van der Waals surface area contributed by atoms with Gasteiger partial charge in [0.2, 0.25) is 0 Å². The molecule has 0 aliphatic rings. The lowest BCUT2D eigenvalue weighted by molar-refractivity contribution is 0.384. The van der Waals surface area contributed by atoms with Crippen molar-refractivity contribution in [3.05, 3.63) is 23.8 Å². The third-order valence-electron chi connectivity index (χ3n) is 3.00. The van der Waals surface area contributed by atoms with Gasteiger partial charge in [0.1, 0.15) is 11.5 Å². The Bertz CT molecular complexity index is 391. The highest BCUT2D eigenvalue weighted by atomic mass is 16.5. The van der Waals surface area contributed by atoms with Crippen LogP contribution in [0.15, 0.2) is 18.2 Å². The average Bonchev–Trinajstić information content (AvgIpc) is 2.41. The van der Waals surface area contributed by atoms with Gasteiger partial charge in [-0.05, 0) is 45.4 Å². The zero-order valence-electron chi connectivity index (χ0n) is 13.5. The van der Waals surface area contributed by atoms with Crippen molar-refractivity contribution in [2.45, 2.75) is 45.8 Å². The van der Waals surface area contributed by atoms with Crippen LogP contribution in [-0.2, 0) is 6.54 Å². The van der Waals surface area contributed by atoms with E-state index in [1.165, 1.54) is 0 Å². The van der Waals surface area contributed by atoms with Crippen molar-refractivity contribution in [2.75, 3.05) is 20.8 Å². The molecule has 0 saturated heterocycles. The van der Waals surface area contributed by atoms with Gasteiger partial charge >= 0.3 is 0 Å². The van der Waals surface area contributed by atoms with Crippen LogP contribution in [0.5, 0.6) is 11.5 Å². The minimum Gasteiger partial charge on any atom is -0.497 e. The summed E-state index contributed by atoms with van der Waals surface area (Å²) in [6.07, 6.45) is 0. The number of methoxy groups -OCH3 is 2. The van der Waals surface area contributed by atoms with Gasteiger partial charge in [-0.1, -0.05) is 0 Å². The Morgan fingerprint density at radius 2 is 1.60 bits per heavy atom. The molecule has 0 fully saturated rings. The summed E-state index contributed by atoms with van der Waals surface area (Å²) in [5, 5.41) is 6.99. The lowest BCUT2D eigenvalue weighted by atomic mass is 10.1. The molecule has 1 atom stereocenters. The standard InChI is InChI=1S/C16H28N2O2/c1-12(10-18-16(2,3)4)17-11-13-7-14(19-5)9-15(8-13)20-6/h7-9,12,17-18H,10-11H2,1-6H3. The Morgan fingerprint density at radius 1 is 1.05 bits per heavy atom. The molecule has 20 heavy (non-hydrogen) atoms. The molecular weight excluding hydrogens is 252 g/mol. The van der Waals surface area contributed by atoms with Crippen LogP contribution in [0.1, 0.15) is 33.3 Å². The molecule has 2 N–H and O–H groups in total. The van der Waals surface area contributed by atoms with Crippen molar-refractivity contribution in [1.82, 2.24) is 10.6 Å². The third-order valence-corrected chi connectivity index (χ3v) is 3.00. The topological polar surface area (TPSA) is 42.5 Å². The summed E-state index contributed by atoms with van der Waals surface area (Å²) >= 11 is 0. The number of ether oxygens (including phenoxy) is 2. The Balaban J connectivity index is 2.52. The van der Waals surface area contributed by atoms with E-state index in [0.29, 0.717) is 6.04 Å². The van der Waals surface area contributed by atoms with Crippen LogP contribution in [0.2, 0.25) is 0 Å². The van der Waals surface area contributed by atoms with Crippen molar-refractivity contribution >= 4 is 0 Å². The number of rotatable bonds is 7. The van der Waals surface area contributed by atoms with Gasteiger partial charge in [0.25, 0.3) is 0 Å².